The number of aliphatic hydroxyl groups is 1. The van der Waals surface area contributed by atoms with E-state index in [4.69, 9.17) is 5.11 Å². The number of alkyl halides is 3. The standard InChI is InChI=1S/C6H7F3N2O/c1-3-2-4(11-10-3)5(12)6(7,8)9/h2,5,12H,1H3,(H,10,11). The van der Waals surface area contributed by atoms with Crippen LogP contribution in [0.15, 0.2) is 6.07 Å². The van der Waals surface area contributed by atoms with Crippen LogP contribution in [0.25, 0.3) is 0 Å². The van der Waals surface area contributed by atoms with Crippen molar-refractivity contribution in [2.45, 2.75) is 19.2 Å². The number of rotatable bonds is 1. The van der Waals surface area contributed by atoms with Crippen LogP contribution in [0.4, 0.5) is 13.2 Å². The lowest BCUT2D eigenvalue weighted by atomic mass is 10.2. The average Bonchev–Trinajstić information content (AvgIpc) is 2.32. The van der Waals surface area contributed by atoms with Crippen LogP contribution in [0, 0.1) is 6.92 Å². The third kappa shape index (κ3) is 1.76. The SMILES string of the molecule is Cc1cc(C(O)C(F)(F)F)n[nH]1. The number of aryl methyl sites for hydroxylation is 1. The van der Waals surface area contributed by atoms with Gasteiger partial charge in [-0.05, 0) is 13.0 Å². The lowest BCUT2D eigenvalue weighted by Gasteiger charge is -2.10. The average molecular weight is 180 g/mol. The fourth-order valence-electron chi connectivity index (χ4n) is 0.747. The number of hydrogen-bond acceptors (Lipinski definition) is 2. The number of nitrogens with one attached hydrogen (secondary N) is 1. The minimum atomic E-state index is -4.65. The molecule has 1 rings (SSSR count). The first kappa shape index (κ1) is 9.05. The van der Waals surface area contributed by atoms with E-state index in [1.54, 1.807) is 6.92 Å². The van der Waals surface area contributed by atoms with Crippen LogP contribution in [0.1, 0.15) is 17.5 Å². The maximum absolute atomic E-state index is 11.8. The molecule has 0 aromatic carbocycles. The zero-order valence-corrected chi connectivity index (χ0v) is 6.18. The molecule has 1 atom stereocenters. The fraction of sp³-hybridized carbons (Fsp3) is 0.500. The molecule has 0 bridgehead atoms. The molecule has 1 heterocycles. The molecule has 68 valence electrons. The van der Waals surface area contributed by atoms with Gasteiger partial charge in [0.2, 0.25) is 0 Å². The molecule has 0 aliphatic heterocycles. The molecule has 0 saturated carbocycles. The topological polar surface area (TPSA) is 48.9 Å². The van der Waals surface area contributed by atoms with Gasteiger partial charge < -0.3 is 5.11 Å². The fourth-order valence-corrected chi connectivity index (χ4v) is 0.747. The predicted octanol–water partition coefficient (Wildman–Crippen LogP) is 1.31. The van der Waals surface area contributed by atoms with Crippen molar-refractivity contribution in [1.29, 1.82) is 0 Å². The molecule has 1 unspecified atom stereocenters. The van der Waals surface area contributed by atoms with Crippen molar-refractivity contribution >= 4 is 0 Å². The van der Waals surface area contributed by atoms with Gasteiger partial charge in [0, 0.05) is 5.69 Å². The Bertz CT molecular complexity index is 268. The number of hydrogen-bond donors (Lipinski definition) is 2. The lowest BCUT2D eigenvalue weighted by molar-refractivity contribution is -0.207. The van der Waals surface area contributed by atoms with E-state index in [2.05, 4.69) is 10.2 Å². The third-order valence-corrected chi connectivity index (χ3v) is 1.32. The second-order valence-corrected chi connectivity index (χ2v) is 2.42. The van der Waals surface area contributed by atoms with E-state index in [-0.39, 0.29) is 0 Å². The molecule has 2 N–H and O–H groups in total. The summed E-state index contributed by atoms with van der Waals surface area (Å²) in [5.74, 6) is 0. The predicted molar refractivity (Wildman–Crippen MR) is 34.3 cm³/mol. The highest BCUT2D eigenvalue weighted by Gasteiger charge is 2.40. The highest BCUT2D eigenvalue weighted by atomic mass is 19.4. The quantitative estimate of drug-likeness (QED) is 0.684. The van der Waals surface area contributed by atoms with Crippen molar-refractivity contribution in [2.24, 2.45) is 0 Å². The van der Waals surface area contributed by atoms with Gasteiger partial charge in [-0.25, -0.2) is 0 Å². The Morgan fingerprint density at radius 2 is 2.17 bits per heavy atom. The van der Waals surface area contributed by atoms with Crippen molar-refractivity contribution in [3.8, 4) is 0 Å². The molecule has 6 heteroatoms. The molecule has 0 radical (unpaired) electrons. The Morgan fingerprint density at radius 1 is 1.58 bits per heavy atom. The summed E-state index contributed by atoms with van der Waals surface area (Å²) in [7, 11) is 0. The van der Waals surface area contributed by atoms with Gasteiger partial charge >= 0.3 is 6.18 Å². The summed E-state index contributed by atoms with van der Waals surface area (Å²) in [6.07, 6.45) is -7.15. The summed E-state index contributed by atoms with van der Waals surface area (Å²) in [4.78, 5) is 0. The van der Waals surface area contributed by atoms with Gasteiger partial charge in [0.15, 0.2) is 6.10 Å². The minimum absolute atomic E-state index is 0.403. The highest BCUT2D eigenvalue weighted by Crippen LogP contribution is 2.31. The molecule has 0 saturated heterocycles. The summed E-state index contributed by atoms with van der Waals surface area (Å²) in [6, 6.07) is 1.15. The van der Waals surface area contributed by atoms with Crippen LogP contribution < -0.4 is 0 Å². The van der Waals surface area contributed by atoms with Gasteiger partial charge in [-0.15, -0.1) is 0 Å². The summed E-state index contributed by atoms with van der Waals surface area (Å²) >= 11 is 0. The van der Waals surface area contributed by atoms with Gasteiger partial charge in [-0.2, -0.15) is 18.3 Å². The Balaban J connectivity index is 2.85. The van der Waals surface area contributed by atoms with Crippen molar-refractivity contribution in [2.75, 3.05) is 0 Å². The van der Waals surface area contributed by atoms with Gasteiger partial charge in [0.1, 0.15) is 5.69 Å². The Kier molecular flexibility index (Phi) is 2.10. The van der Waals surface area contributed by atoms with E-state index in [1.165, 1.54) is 0 Å². The number of halogens is 3. The molecule has 12 heavy (non-hydrogen) atoms. The molecule has 3 nitrogen and oxygen atoms in total. The zero-order chi connectivity index (χ0) is 9.35. The van der Waals surface area contributed by atoms with E-state index in [0.717, 1.165) is 6.07 Å². The molecule has 1 aromatic heterocycles. The second-order valence-electron chi connectivity index (χ2n) is 2.42. The molecule has 0 aliphatic rings. The molecule has 1 aromatic rings. The third-order valence-electron chi connectivity index (χ3n) is 1.32. The van der Waals surface area contributed by atoms with Crippen LogP contribution in [-0.2, 0) is 0 Å². The molecule has 0 fully saturated rings. The molecule has 0 aliphatic carbocycles. The molecule has 0 spiro atoms. The molecular formula is C6H7F3N2O. The first-order valence-electron chi connectivity index (χ1n) is 3.18. The van der Waals surface area contributed by atoms with Crippen LogP contribution >= 0.6 is 0 Å². The zero-order valence-electron chi connectivity index (χ0n) is 6.18. The minimum Gasteiger partial charge on any atom is -0.378 e. The number of aromatic nitrogens is 2. The van der Waals surface area contributed by atoms with Crippen LogP contribution in [-0.4, -0.2) is 21.5 Å². The molecular weight excluding hydrogens is 173 g/mol. The molecule has 0 amide bonds. The smallest absolute Gasteiger partial charge is 0.378 e. The van der Waals surface area contributed by atoms with Crippen molar-refractivity contribution in [3.05, 3.63) is 17.5 Å². The van der Waals surface area contributed by atoms with E-state index in [0.29, 0.717) is 5.69 Å². The van der Waals surface area contributed by atoms with Crippen molar-refractivity contribution in [3.63, 3.8) is 0 Å². The summed E-state index contributed by atoms with van der Waals surface area (Å²) in [5, 5.41) is 14.3. The van der Waals surface area contributed by atoms with E-state index >= 15 is 0 Å². The van der Waals surface area contributed by atoms with Crippen LogP contribution in [0.2, 0.25) is 0 Å². The van der Waals surface area contributed by atoms with Gasteiger partial charge in [0.05, 0.1) is 0 Å². The largest absolute Gasteiger partial charge is 0.420 e. The Labute approximate surface area is 66.2 Å². The lowest BCUT2D eigenvalue weighted by Crippen LogP contribution is -2.20. The van der Waals surface area contributed by atoms with Crippen LogP contribution in [0.5, 0.6) is 0 Å². The monoisotopic (exact) mass is 180 g/mol. The first-order chi connectivity index (χ1) is 5.41. The number of nitrogens with zero attached hydrogens (tertiary/aromatic N) is 1. The summed E-state index contributed by atoms with van der Waals surface area (Å²) in [6.45, 7) is 1.56. The summed E-state index contributed by atoms with van der Waals surface area (Å²) in [5.41, 5.74) is 0.0771. The maximum Gasteiger partial charge on any atom is 0.420 e. The van der Waals surface area contributed by atoms with Crippen molar-refractivity contribution < 1.29 is 18.3 Å². The van der Waals surface area contributed by atoms with Crippen molar-refractivity contribution in [1.82, 2.24) is 10.2 Å². The normalized spacial score (nSPS) is 14.8. The van der Waals surface area contributed by atoms with Gasteiger partial charge in [-0.1, -0.05) is 0 Å². The Morgan fingerprint density at radius 3 is 2.50 bits per heavy atom. The first-order valence-corrected chi connectivity index (χ1v) is 3.18. The van der Waals surface area contributed by atoms with Crippen LogP contribution in [0.3, 0.4) is 0 Å². The Hall–Kier alpha value is -1.04. The second kappa shape index (κ2) is 2.78. The van der Waals surface area contributed by atoms with Gasteiger partial charge in [0.25, 0.3) is 0 Å². The van der Waals surface area contributed by atoms with E-state index < -0.39 is 18.0 Å². The number of aromatic amines is 1. The van der Waals surface area contributed by atoms with E-state index in [1.807, 2.05) is 0 Å². The van der Waals surface area contributed by atoms with E-state index in [9.17, 15) is 13.2 Å². The number of H-pyrrole nitrogens is 1. The summed E-state index contributed by atoms with van der Waals surface area (Å²) < 4.78 is 35.5. The maximum atomic E-state index is 11.8. The highest BCUT2D eigenvalue weighted by molar-refractivity contribution is 5.10. The number of aliphatic hydroxyl groups excluding tert-OH is 1. The van der Waals surface area contributed by atoms with Gasteiger partial charge in [-0.3, -0.25) is 5.10 Å².